The van der Waals surface area contributed by atoms with Crippen LogP contribution in [0.4, 0.5) is 4.39 Å². The van der Waals surface area contributed by atoms with Gasteiger partial charge in [0, 0.05) is 6.42 Å². The van der Waals surface area contributed by atoms with Crippen molar-refractivity contribution in [2.24, 2.45) is 0 Å². The Morgan fingerprint density at radius 3 is 2.83 bits per heavy atom. The van der Waals surface area contributed by atoms with Crippen LogP contribution in [0.25, 0.3) is 0 Å². The number of aryl methyl sites for hydroxylation is 2. The molecule has 0 fully saturated rings. The standard InChI is InChI=1S/C14H15FN2O/c1-10-14(9-16-11(2)17-10)18-7-6-12-4-3-5-13(15)8-12/h3-5,8-9H,6-7H2,1-2H3. The van der Waals surface area contributed by atoms with Crippen molar-refractivity contribution in [2.45, 2.75) is 20.3 Å². The van der Waals surface area contributed by atoms with E-state index in [1.54, 1.807) is 12.3 Å². The lowest BCUT2D eigenvalue weighted by atomic mass is 10.1. The smallest absolute Gasteiger partial charge is 0.158 e. The average molecular weight is 246 g/mol. The highest BCUT2D eigenvalue weighted by Crippen LogP contribution is 2.14. The summed E-state index contributed by atoms with van der Waals surface area (Å²) in [5, 5.41) is 0. The van der Waals surface area contributed by atoms with Gasteiger partial charge in [-0.3, -0.25) is 0 Å². The Labute approximate surface area is 106 Å². The van der Waals surface area contributed by atoms with Crippen LogP contribution in [0.5, 0.6) is 5.75 Å². The molecule has 1 aromatic heterocycles. The van der Waals surface area contributed by atoms with Gasteiger partial charge in [0.2, 0.25) is 0 Å². The molecular weight excluding hydrogens is 231 g/mol. The average Bonchev–Trinajstić information content (AvgIpc) is 2.32. The fraction of sp³-hybridized carbons (Fsp3) is 0.286. The Bertz CT molecular complexity index is 543. The molecule has 0 aliphatic heterocycles. The second-order valence-corrected chi connectivity index (χ2v) is 4.10. The topological polar surface area (TPSA) is 35.0 Å². The third-order valence-electron chi connectivity index (χ3n) is 2.59. The molecular formula is C14H15FN2O. The largest absolute Gasteiger partial charge is 0.490 e. The fourth-order valence-electron chi connectivity index (χ4n) is 1.69. The molecule has 0 aliphatic carbocycles. The van der Waals surface area contributed by atoms with Gasteiger partial charge >= 0.3 is 0 Å². The van der Waals surface area contributed by atoms with Crippen molar-refractivity contribution in [3.05, 3.63) is 53.4 Å². The summed E-state index contributed by atoms with van der Waals surface area (Å²) in [6.45, 7) is 4.20. The molecule has 0 aliphatic rings. The minimum Gasteiger partial charge on any atom is -0.490 e. The normalized spacial score (nSPS) is 10.4. The highest BCUT2D eigenvalue weighted by molar-refractivity contribution is 5.23. The van der Waals surface area contributed by atoms with Crippen LogP contribution in [0.1, 0.15) is 17.1 Å². The minimum atomic E-state index is -0.220. The Hall–Kier alpha value is -1.97. The van der Waals surface area contributed by atoms with Gasteiger partial charge in [0.25, 0.3) is 0 Å². The maximum Gasteiger partial charge on any atom is 0.158 e. The van der Waals surface area contributed by atoms with Crippen molar-refractivity contribution >= 4 is 0 Å². The van der Waals surface area contributed by atoms with E-state index < -0.39 is 0 Å². The molecule has 0 amide bonds. The van der Waals surface area contributed by atoms with Gasteiger partial charge in [-0.15, -0.1) is 0 Å². The highest BCUT2D eigenvalue weighted by atomic mass is 19.1. The van der Waals surface area contributed by atoms with Crippen molar-refractivity contribution in [2.75, 3.05) is 6.61 Å². The predicted molar refractivity (Wildman–Crippen MR) is 67.1 cm³/mol. The van der Waals surface area contributed by atoms with Gasteiger partial charge in [-0.2, -0.15) is 0 Å². The van der Waals surface area contributed by atoms with Crippen molar-refractivity contribution in [1.29, 1.82) is 0 Å². The highest BCUT2D eigenvalue weighted by Gasteiger charge is 2.02. The van der Waals surface area contributed by atoms with Crippen LogP contribution in [0.15, 0.2) is 30.5 Å². The summed E-state index contributed by atoms with van der Waals surface area (Å²) < 4.78 is 18.6. The molecule has 94 valence electrons. The van der Waals surface area contributed by atoms with E-state index in [9.17, 15) is 4.39 Å². The van der Waals surface area contributed by atoms with E-state index in [0.717, 1.165) is 17.1 Å². The van der Waals surface area contributed by atoms with Crippen molar-refractivity contribution in [3.63, 3.8) is 0 Å². The van der Waals surface area contributed by atoms with Crippen LogP contribution in [-0.2, 0) is 6.42 Å². The van der Waals surface area contributed by atoms with Gasteiger partial charge in [-0.25, -0.2) is 14.4 Å². The lowest BCUT2D eigenvalue weighted by Gasteiger charge is -2.08. The number of ether oxygens (including phenoxy) is 1. The molecule has 3 nitrogen and oxygen atoms in total. The maximum atomic E-state index is 13.0. The molecule has 18 heavy (non-hydrogen) atoms. The van der Waals surface area contributed by atoms with E-state index >= 15 is 0 Å². The minimum absolute atomic E-state index is 0.220. The zero-order valence-corrected chi connectivity index (χ0v) is 10.5. The van der Waals surface area contributed by atoms with E-state index in [1.807, 2.05) is 19.9 Å². The number of benzene rings is 1. The number of aromatic nitrogens is 2. The summed E-state index contributed by atoms with van der Waals surface area (Å²) in [4.78, 5) is 8.30. The third-order valence-corrected chi connectivity index (χ3v) is 2.59. The Balaban J connectivity index is 1.92. The molecule has 1 aromatic carbocycles. The van der Waals surface area contributed by atoms with E-state index in [0.29, 0.717) is 18.8 Å². The molecule has 4 heteroatoms. The zero-order chi connectivity index (χ0) is 13.0. The van der Waals surface area contributed by atoms with E-state index in [2.05, 4.69) is 9.97 Å². The summed E-state index contributed by atoms with van der Waals surface area (Å²) in [6, 6.07) is 6.53. The van der Waals surface area contributed by atoms with Gasteiger partial charge in [0.1, 0.15) is 11.6 Å². The summed E-state index contributed by atoms with van der Waals surface area (Å²) >= 11 is 0. The lowest BCUT2D eigenvalue weighted by Crippen LogP contribution is -2.04. The first-order chi connectivity index (χ1) is 8.65. The van der Waals surface area contributed by atoms with Gasteiger partial charge in [-0.1, -0.05) is 12.1 Å². The second kappa shape index (κ2) is 5.58. The van der Waals surface area contributed by atoms with Crippen LogP contribution in [0.3, 0.4) is 0 Å². The quantitative estimate of drug-likeness (QED) is 0.832. The second-order valence-electron chi connectivity index (χ2n) is 4.10. The number of rotatable bonds is 4. The lowest BCUT2D eigenvalue weighted by molar-refractivity contribution is 0.316. The van der Waals surface area contributed by atoms with Crippen LogP contribution in [0, 0.1) is 19.7 Å². The molecule has 0 spiro atoms. The summed E-state index contributed by atoms with van der Waals surface area (Å²) in [5.41, 5.74) is 1.74. The fourth-order valence-corrected chi connectivity index (χ4v) is 1.69. The molecule has 1 heterocycles. The van der Waals surface area contributed by atoms with Crippen molar-refractivity contribution in [3.8, 4) is 5.75 Å². The van der Waals surface area contributed by atoms with Gasteiger partial charge < -0.3 is 4.74 Å². The Kier molecular flexibility index (Phi) is 3.87. The van der Waals surface area contributed by atoms with Crippen LogP contribution in [0.2, 0.25) is 0 Å². The van der Waals surface area contributed by atoms with Crippen LogP contribution in [-0.4, -0.2) is 16.6 Å². The first kappa shape index (κ1) is 12.5. The summed E-state index contributed by atoms with van der Waals surface area (Å²) in [7, 11) is 0. The third kappa shape index (κ3) is 3.26. The molecule has 0 saturated heterocycles. The molecule has 0 unspecified atom stereocenters. The molecule has 0 atom stereocenters. The van der Waals surface area contributed by atoms with Crippen molar-refractivity contribution in [1.82, 2.24) is 9.97 Å². The summed E-state index contributed by atoms with van der Waals surface area (Å²) in [5.74, 6) is 1.18. The van der Waals surface area contributed by atoms with Crippen LogP contribution < -0.4 is 4.74 Å². The molecule has 2 aromatic rings. The van der Waals surface area contributed by atoms with E-state index in [-0.39, 0.29) is 5.82 Å². The molecule has 0 N–H and O–H groups in total. The van der Waals surface area contributed by atoms with E-state index in [1.165, 1.54) is 12.1 Å². The van der Waals surface area contributed by atoms with Gasteiger partial charge in [0.15, 0.2) is 5.75 Å². The zero-order valence-electron chi connectivity index (χ0n) is 10.5. The maximum absolute atomic E-state index is 13.0. The first-order valence-corrected chi connectivity index (χ1v) is 5.82. The monoisotopic (exact) mass is 246 g/mol. The SMILES string of the molecule is Cc1ncc(OCCc2cccc(F)c2)c(C)n1. The number of hydrogen-bond donors (Lipinski definition) is 0. The predicted octanol–water partition coefficient (Wildman–Crippen LogP) is 2.85. The molecule has 2 rings (SSSR count). The number of nitrogens with zero attached hydrogens (tertiary/aromatic N) is 2. The van der Waals surface area contributed by atoms with Gasteiger partial charge in [-0.05, 0) is 31.5 Å². The Morgan fingerprint density at radius 1 is 1.28 bits per heavy atom. The molecule has 0 bridgehead atoms. The Morgan fingerprint density at radius 2 is 2.11 bits per heavy atom. The first-order valence-electron chi connectivity index (χ1n) is 5.82. The number of hydrogen-bond acceptors (Lipinski definition) is 3. The summed E-state index contributed by atoms with van der Waals surface area (Å²) in [6.07, 6.45) is 2.33. The van der Waals surface area contributed by atoms with Crippen molar-refractivity contribution < 1.29 is 9.13 Å². The van der Waals surface area contributed by atoms with Gasteiger partial charge in [0.05, 0.1) is 18.5 Å². The number of halogens is 1. The molecule has 0 radical (unpaired) electrons. The van der Waals surface area contributed by atoms with Crippen LogP contribution >= 0.6 is 0 Å². The van der Waals surface area contributed by atoms with E-state index in [4.69, 9.17) is 4.74 Å². The molecule has 0 saturated carbocycles.